The summed E-state index contributed by atoms with van der Waals surface area (Å²) in [7, 11) is 0. The van der Waals surface area contributed by atoms with E-state index in [2.05, 4.69) is 5.32 Å². The summed E-state index contributed by atoms with van der Waals surface area (Å²) in [5.41, 5.74) is 0. The van der Waals surface area contributed by atoms with Crippen molar-refractivity contribution >= 4 is 12.2 Å². The minimum Gasteiger partial charge on any atom is -0.465 e. The summed E-state index contributed by atoms with van der Waals surface area (Å²) >= 11 is 0. The van der Waals surface area contributed by atoms with E-state index < -0.39 is 6.09 Å². The summed E-state index contributed by atoms with van der Waals surface area (Å²) < 4.78 is 4.76. The first-order valence-corrected chi connectivity index (χ1v) is 4.08. The van der Waals surface area contributed by atoms with Gasteiger partial charge in [0.05, 0.1) is 6.61 Å². The van der Waals surface area contributed by atoms with E-state index in [-0.39, 0.29) is 12.6 Å². The fourth-order valence-corrected chi connectivity index (χ4v) is 1.10. The van der Waals surface area contributed by atoms with E-state index in [4.69, 9.17) is 9.84 Å². The average Bonchev–Trinajstić information content (AvgIpc) is 2.08. The summed E-state index contributed by atoms with van der Waals surface area (Å²) in [6.45, 7) is 1.71. The monoisotopic (exact) mass is 188 g/mol. The molecule has 0 spiro atoms. The minimum absolute atomic E-state index is 0.241. The third-order valence-corrected chi connectivity index (χ3v) is 1.71. The lowest BCUT2D eigenvalue weighted by Crippen LogP contribution is -2.42. The summed E-state index contributed by atoms with van der Waals surface area (Å²) in [6.07, 6.45) is -0.637. The number of carboxylic acid groups (broad SMARTS) is 1. The highest BCUT2D eigenvalue weighted by Crippen LogP contribution is 2.02. The molecule has 0 aliphatic carbocycles. The van der Waals surface area contributed by atoms with Gasteiger partial charge in [0, 0.05) is 19.6 Å². The lowest BCUT2D eigenvalue weighted by molar-refractivity contribution is 0.0731. The zero-order valence-corrected chi connectivity index (χ0v) is 7.15. The zero-order chi connectivity index (χ0) is 9.68. The van der Waals surface area contributed by atoms with E-state index in [1.54, 1.807) is 0 Å². The summed E-state index contributed by atoms with van der Waals surface area (Å²) in [5.74, 6) is 0. The number of hydrogen-bond donors (Lipinski definition) is 2. The Labute approximate surface area is 75.5 Å². The highest BCUT2D eigenvalue weighted by atomic mass is 16.6. The molecule has 1 saturated heterocycles. The lowest BCUT2D eigenvalue weighted by Gasteiger charge is -2.25. The van der Waals surface area contributed by atoms with Gasteiger partial charge < -0.3 is 20.1 Å². The van der Waals surface area contributed by atoms with Crippen molar-refractivity contribution in [2.45, 2.75) is 6.42 Å². The van der Waals surface area contributed by atoms with Gasteiger partial charge in [-0.05, 0) is 6.42 Å². The number of ether oxygens (including phenoxy) is 1. The molecule has 0 unspecified atom stereocenters. The van der Waals surface area contributed by atoms with Crippen LogP contribution in [0.25, 0.3) is 0 Å². The Kier molecular flexibility index (Phi) is 3.36. The molecule has 0 aromatic rings. The number of rotatable bonds is 3. The Hall–Kier alpha value is -1.46. The first kappa shape index (κ1) is 9.63. The van der Waals surface area contributed by atoms with Crippen molar-refractivity contribution in [1.82, 2.24) is 10.2 Å². The SMILES string of the molecule is O=C(O)NCCN1CCCOC1=O. The predicted octanol–water partition coefficient (Wildman–Crippen LogP) is 0.0963. The van der Waals surface area contributed by atoms with Crippen LogP contribution >= 0.6 is 0 Å². The van der Waals surface area contributed by atoms with Crippen LogP contribution in [0, 0.1) is 0 Å². The maximum Gasteiger partial charge on any atom is 0.409 e. The Morgan fingerprint density at radius 2 is 2.46 bits per heavy atom. The Morgan fingerprint density at radius 3 is 3.08 bits per heavy atom. The van der Waals surface area contributed by atoms with Crippen molar-refractivity contribution in [1.29, 1.82) is 0 Å². The first-order chi connectivity index (χ1) is 6.20. The van der Waals surface area contributed by atoms with Crippen molar-refractivity contribution in [3.05, 3.63) is 0 Å². The molecular formula is C7H12N2O4. The molecule has 6 nitrogen and oxygen atoms in total. The fourth-order valence-electron chi connectivity index (χ4n) is 1.10. The second kappa shape index (κ2) is 4.54. The molecule has 1 rings (SSSR count). The largest absolute Gasteiger partial charge is 0.465 e. The van der Waals surface area contributed by atoms with Crippen molar-refractivity contribution < 1.29 is 19.4 Å². The molecule has 0 saturated carbocycles. The van der Waals surface area contributed by atoms with Crippen LogP contribution in [0.15, 0.2) is 0 Å². The number of carbonyl (C=O) groups excluding carboxylic acids is 1. The Balaban J connectivity index is 2.19. The third kappa shape index (κ3) is 3.18. The fraction of sp³-hybridized carbons (Fsp3) is 0.714. The van der Waals surface area contributed by atoms with Gasteiger partial charge in [0.2, 0.25) is 0 Å². The van der Waals surface area contributed by atoms with Gasteiger partial charge in [0.1, 0.15) is 0 Å². The standard InChI is InChI=1S/C7H12N2O4/c10-6(11)8-2-4-9-3-1-5-13-7(9)12/h8H,1-5H2,(H,10,11). The first-order valence-electron chi connectivity index (χ1n) is 4.08. The molecular weight excluding hydrogens is 176 g/mol. The third-order valence-electron chi connectivity index (χ3n) is 1.71. The van der Waals surface area contributed by atoms with Crippen molar-refractivity contribution in [3.8, 4) is 0 Å². The highest BCUT2D eigenvalue weighted by molar-refractivity contribution is 5.68. The van der Waals surface area contributed by atoms with E-state index in [9.17, 15) is 9.59 Å². The molecule has 0 bridgehead atoms. The van der Waals surface area contributed by atoms with Gasteiger partial charge >= 0.3 is 12.2 Å². The quantitative estimate of drug-likeness (QED) is 0.658. The number of amides is 2. The van der Waals surface area contributed by atoms with Crippen molar-refractivity contribution in [2.24, 2.45) is 0 Å². The van der Waals surface area contributed by atoms with Gasteiger partial charge in [-0.1, -0.05) is 0 Å². The number of cyclic esters (lactones) is 1. The summed E-state index contributed by atoms with van der Waals surface area (Å²) in [4.78, 5) is 22.6. The molecule has 0 radical (unpaired) electrons. The molecule has 13 heavy (non-hydrogen) atoms. The lowest BCUT2D eigenvalue weighted by atomic mass is 10.3. The Bertz CT molecular complexity index is 207. The molecule has 1 heterocycles. The number of nitrogens with one attached hydrogen (secondary N) is 1. The van der Waals surface area contributed by atoms with Crippen LogP contribution in [-0.2, 0) is 4.74 Å². The van der Waals surface area contributed by atoms with Gasteiger partial charge in [-0.3, -0.25) is 0 Å². The molecule has 0 atom stereocenters. The molecule has 0 aromatic carbocycles. The van der Waals surface area contributed by atoms with Gasteiger partial charge in [-0.15, -0.1) is 0 Å². The molecule has 2 N–H and O–H groups in total. The summed E-state index contributed by atoms with van der Waals surface area (Å²) in [5, 5.41) is 10.4. The molecule has 1 aliphatic rings. The van der Waals surface area contributed by atoms with Crippen LogP contribution in [0.3, 0.4) is 0 Å². The molecule has 74 valence electrons. The second-order valence-corrected chi connectivity index (χ2v) is 2.69. The van der Waals surface area contributed by atoms with Gasteiger partial charge in [-0.25, -0.2) is 9.59 Å². The number of nitrogens with zero attached hydrogens (tertiary/aromatic N) is 1. The maximum atomic E-state index is 11.0. The smallest absolute Gasteiger partial charge is 0.409 e. The van der Waals surface area contributed by atoms with E-state index >= 15 is 0 Å². The average molecular weight is 188 g/mol. The molecule has 6 heteroatoms. The molecule has 1 fully saturated rings. The van der Waals surface area contributed by atoms with Crippen molar-refractivity contribution in [3.63, 3.8) is 0 Å². The van der Waals surface area contributed by atoms with Crippen LogP contribution < -0.4 is 5.32 Å². The van der Waals surface area contributed by atoms with Crippen LogP contribution in [0.1, 0.15) is 6.42 Å². The molecule has 0 aromatic heterocycles. The predicted molar refractivity (Wildman–Crippen MR) is 43.6 cm³/mol. The van der Waals surface area contributed by atoms with E-state index in [0.717, 1.165) is 6.42 Å². The second-order valence-electron chi connectivity index (χ2n) is 2.69. The van der Waals surface area contributed by atoms with Crippen LogP contribution in [0.2, 0.25) is 0 Å². The maximum absolute atomic E-state index is 11.0. The van der Waals surface area contributed by atoms with E-state index in [1.165, 1.54) is 4.90 Å². The zero-order valence-electron chi connectivity index (χ0n) is 7.15. The van der Waals surface area contributed by atoms with Crippen LogP contribution in [0.5, 0.6) is 0 Å². The topological polar surface area (TPSA) is 78.9 Å². The van der Waals surface area contributed by atoms with E-state index in [0.29, 0.717) is 19.7 Å². The normalized spacial score (nSPS) is 16.6. The highest BCUT2D eigenvalue weighted by Gasteiger charge is 2.18. The van der Waals surface area contributed by atoms with Gasteiger partial charge in [0.15, 0.2) is 0 Å². The Morgan fingerprint density at radius 1 is 1.69 bits per heavy atom. The van der Waals surface area contributed by atoms with E-state index in [1.807, 2.05) is 0 Å². The number of carbonyl (C=O) groups is 2. The molecule has 2 amide bonds. The van der Waals surface area contributed by atoms with Crippen LogP contribution in [-0.4, -0.2) is 48.4 Å². The van der Waals surface area contributed by atoms with Gasteiger partial charge in [0.25, 0.3) is 0 Å². The summed E-state index contributed by atoms with van der Waals surface area (Å²) in [6, 6.07) is 0. The van der Waals surface area contributed by atoms with Gasteiger partial charge in [-0.2, -0.15) is 0 Å². The van der Waals surface area contributed by atoms with Crippen LogP contribution in [0.4, 0.5) is 9.59 Å². The number of hydrogen-bond acceptors (Lipinski definition) is 3. The van der Waals surface area contributed by atoms with Crippen molar-refractivity contribution in [2.75, 3.05) is 26.2 Å². The minimum atomic E-state index is -1.08. The molecule has 1 aliphatic heterocycles.